The van der Waals surface area contributed by atoms with Crippen molar-refractivity contribution < 1.29 is 19.6 Å². The fourth-order valence-corrected chi connectivity index (χ4v) is 1.97. The Morgan fingerprint density at radius 3 is 3.05 bits per heavy atom. The summed E-state index contributed by atoms with van der Waals surface area (Å²) in [4.78, 5) is 25.2. The molecule has 0 spiro atoms. The zero-order chi connectivity index (χ0) is 14.2. The van der Waals surface area contributed by atoms with Crippen molar-refractivity contribution in [2.45, 2.75) is 13.0 Å². The number of hydrogen-bond acceptors (Lipinski definition) is 6. The van der Waals surface area contributed by atoms with Crippen LogP contribution in [0.4, 0.5) is 11.6 Å². The Bertz CT molecular complexity index is 528. The van der Waals surface area contributed by atoms with E-state index in [1.165, 1.54) is 10.9 Å². The molecule has 1 aromatic heterocycles. The van der Waals surface area contributed by atoms with Crippen LogP contribution in [-0.4, -0.2) is 44.8 Å². The first kappa shape index (κ1) is 13.3. The summed E-state index contributed by atoms with van der Waals surface area (Å²) >= 11 is 0. The molecule has 1 aromatic rings. The van der Waals surface area contributed by atoms with Crippen LogP contribution >= 0.6 is 0 Å². The number of ether oxygens (including phenoxy) is 1. The van der Waals surface area contributed by atoms with Crippen LogP contribution in [0.5, 0.6) is 0 Å². The molecule has 0 amide bonds. The number of imidazole rings is 1. The average molecular weight is 270 g/mol. The summed E-state index contributed by atoms with van der Waals surface area (Å²) in [6.45, 7) is 1.78. The summed E-state index contributed by atoms with van der Waals surface area (Å²) in [5.41, 5.74) is -1.13. The molecule has 2 unspecified atom stereocenters. The minimum absolute atomic E-state index is 0.0612. The minimum atomic E-state index is -1.13. The smallest absolute Gasteiger partial charge is 0.406 e. The number of hydrogen-bond donors (Lipinski definition) is 2. The van der Waals surface area contributed by atoms with E-state index in [1.807, 2.05) is 0 Å². The summed E-state index contributed by atoms with van der Waals surface area (Å²) < 4.78 is 6.62. The number of carbonyl (C=O) groups is 1. The van der Waals surface area contributed by atoms with Crippen molar-refractivity contribution in [3.8, 4) is 0 Å². The molecule has 0 saturated carbocycles. The van der Waals surface area contributed by atoms with Gasteiger partial charge in [-0.05, 0) is 16.8 Å². The lowest BCUT2D eigenvalue weighted by Gasteiger charge is -2.25. The van der Waals surface area contributed by atoms with Crippen molar-refractivity contribution in [1.82, 2.24) is 9.55 Å². The topological polar surface area (TPSA) is 120 Å². The van der Waals surface area contributed by atoms with Gasteiger partial charge in [0.15, 0.2) is 0 Å². The lowest BCUT2D eigenvalue weighted by Crippen LogP contribution is -2.43. The molecule has 0 aliphatic carbocycles. The highest BCUT2D eigenvalue weighted by atomic mass is 16.6. The zero-order valence-electron chi connectivity index (χ0n) is 10.5. The minimum Gasteiger partial charge on any atom is -0.481 e. The number of aryl methyl sites for hydroxylation is 1. The number of carboxylic acids is 1. The van der Waals surface area contributed by atoms with Gasteiger partial charge in [0.1, 0.15) is 5.41 Å². The van der Waals surface area contributed by atoms with Crippen molar-refractivity contribution in [3.05, 3.63) is 16.4 Å². The van der Waals surface area contributed by atoms with Gasteiger partial charge in [-0.1, -0.05) is 0 Å². The summed E-state index contributed by atoms with van der Waals surface area (Å²) in [7, 11) is 1.59. The van der Waals surface area contributed by atoms with Crippen molar-refractivity contribution in [3.63, 3.8) is 0 Å². The van der Waals surface area contributed by atoms with Crippen LogP contribution < -0.4 is 5.32 Å². The van der Waals surface area contributed by atoms with Crippen LogP contribution in [-0.2, 0) is 16.6 Å². The molecule has 0 radical (unpaired) electrons. The van der Waals surface area contributed by atoms with E-state index in [1.54, 1.807) is 14.0 Å². The van der Waals surface area contributed by atoms with Gasteiger partial charge in [-0.25, -0.2) is 0 Å². The third-order valence-electron chi connectivity index (χ3n) is 3.35. The summed E-state index contributed by atoms with van der Waals surface area (Å²) in [5.74, 6) is -1.16. The van der Waals surface area contributed by atoms with Crippen LogP contribution in [0.2, 0.25) is 0 Å². The SMILES string of the molecule is Cn1cnc([N+](=O)[O-])c1NC1COCC1(C)C(=O)O. The lowest BCUT2D eigenvalue weighted by atomic mass is 9.85. The molecule has 1 fully saturated rings. The third-order valence-corrected chi connectivity index (χ3v) is 3.35. The fourth-order valence-electron chi connectivity index (χ4n) is 1.97. The standard InChI is InChI=1S/C10H14N4O5/c1-10(9(15)16)4-19-3-6(10)12-8-7(14(17)18)11-5-13(8)2/h5-6,12H,3-4H2,1-2H3,(H,15,16). The predicted octanol–water partition coefficient (Wildman–Crippen LogP) is 0.230. The Balaban J connectivity index is 2.29. The van der Waals surface area contributed by atoms with Gasteiger partial charge in [0, 0.05) is 7.05 Å². The van der Waals surface area contributed by atoms with Gasteiger partial charge < -0.3 is 25.3 Å². The van der Waals surface area contributed by atoms with Gasteiger partial charge in [-0.2, -0.15) is 0 Å². The Labute approximate surface area is 108 Å². The van der Waals surface area contributed by atoms with Crippen molar-refractivity contribution >= 4 is 17.6 Å². The Hall–Kier alpha value is -2.16. The van der Waals surface area contributed by atoms with Gasteiger partial charge in [0.25, 0.3) is 0 Å². The molecule has 104 valence electrons. The maximum Gasteiger partial charge on any atom is 0.406 e. The van der Waals surface area contributed by atoms with Crippen molar-refractivity contribution in [2.75, 3.05) is 18.5 Å². The van der Waals surface area contributed by atoms with E-state index in [-0.39, 0.29) is 24.8 Å². The van der Waals surface area contributed by atoms with Crippen LogP contribution in [0.1, 0.15) is 6.92 Å². The van der Waals surface area contributed by atoms with Gasteiger partial charge in [0.05, 0.1) is 19.3 Å². The first-order chi connectivity index (χ1) is 8.86. The van der Waals surface area contributed by atoms with Crippen LogP contribution in [0.15, 0.2) is 6.33 Å². The van der Waals surface area contributed by atoms with Gasteiger partial charge in [0.2, 0.25) is 12.1 Å². The molecule has 9 nitrogen and oxygen atoms in total. The second-order valence-electron chi connectivity index (χ2n) is 4.72. The summed E-state index contributed by atoms with van der Waals surface area (Å²) in [6.07, 6.45) is 1.30. The van der Waals surface area contributed by atoms with Crippen LogP contribution in [0.25, 0.3) is 0 Å². The Morgan fingerprint density at radius 2 is 2.47 bits per heavy atom. The van der Waals surface area contributed by atoms with Crippen LogP contribution in [0.3, 0.4) is 0 Å². The quantitative estimate of drug-likeness (QED) is 0.593. The molecule has 19 heavy (non-hydrogen) atoms. The fraction of sp³-hybridized carbons (Fsp3) is 0.600. The lowest BCUT2D eigenvalue weighted by molar-refractivity contribution is -0.388. The number of anilines is 1. The Kier molecular flexibility index (Phi) is 3.14. The summed E-state index contributed by atoms with van der Waals surface area (Å²) in [6, 6.07) is -0.556. The largest absolute Gasteiger partial charge is 0.481 e. The first-order valence-corrected chi connectivity index (χ1v) is 5.59. The van der Waals surface area contributed by atoms with Gasteiger partial charge in [-0.15, -0.1) is 0 Å². The van der Waals surface area contributed by atoms with Crippen molar-refractivity contribution in [1.29, 1.82) is 0 Å². The third kappa shape index (κ3) is 2.12. The van der Waals surface area contributed by atoms with Crippen molar-refractivity contribution in [2.24, 2.45) is 12.5 Å². The van der Waals surface area contributed by atoms with E-state index >= 15 is 0 Å². The van der Waals surface area contributed by atoms with E-state index < -0.39 is 22.3 Å². The van der Waals surface area contributed by atoms with Gasteiger partial charge in [-0.3, -0.25) is 9.36 Å². The van der Waals surface area contributed by atoms with Crippen LogP contribution in [0, 0.1) is 15.5 Å². The van der Waals surface area contributed by atoms with E-state index in [9.17, 15) is 20.0 Å². The number of nitrogens with one attached hydrogen (secondary N) is 1. The molecule has 2 atom stereocenters. The molecule has 0 bridgehead atoms. The molecule has 1 aliphatic rings. The molecule has 1 aliphatic heterocycles. The maximum absolute atomic E-state index is 11.3. The molecular formula is C10H14N4O5. The predicted molar refractivity (Wildman–Crippen MR) is 63.8 cm³/mol. The highest BCUT2D eigenvalue weighted by molar-refractivity contribution is 5.76. The number of nitro groups is 1. The van der Waals surface area contributed by atoms with E-state index in [0.29, 0.717) is 0 Å². The normalized spacial score (nSPS) is 26.3. The van der Waals surface area contributed by atoms with E-state index in [2.05, 4.69) is 10.3 Å². The maximum atomic E-state index is 11.3. The van der Waals surface area contributed by atoms with Gasteiger partial charge >= 0.3 is 11.8 Å². The molecular weight excluding hydrogens is 256 g/mol. The first-order valence-electron chi connectivity index (χ1n) is 5.59. The molecule has 9 heteroatoms. The van der Waals surface area contributed by atoms with E-state index in [4.69, 9.17) is 4.74 Å². The molecule has 0 aromatic carbocycles. The molecule has 1 saturated heterocycles. The number of rotatable bonds is 4. The monoisotopic (exact) mass is 270 g/mol. The highest BCUT2D eigenvalue weighted by Gasteiger charge is 2.47. The summed E-state index contributed by atoms with van der Waals surface area (Å²) in [5, 5.41) is 23.0. The molecule has 2 heterocycles. The second-order valence-corrected chi connectivity index (χ2v) is 4.72. The molecule has 2 rings (SSSR count). The number of carboxylic acid groups (broad SMARTS) is 1. The molecule has 2 N–H and O–H groups in total. The number of aliphatic carboxylic acids is 1. The highest BCUT2D eigenvalue weighted by Crippen LogP contribution is 2.33. The number of aromatic nitrogens is 2. The average Bonchev–Trinajstić information content (AvgIpc) is 2.86. The number of nitrogens with zero attached hydrogens (tertiary/aromatic N) is 3. The Morgan fingerprint density at radius 1 is 1.79 bits per heavy atom. The zero-order valence-corrected chi connectivity index (χ0v) is 10.5. The second kappa shape index (κ2) is 4.50. The van der Waals surface area contributed by atoms with E-state index in [0.717, 1.165) is 0 Å².